The van der Waals surface area contributed by atoms with Gasteiger partial charge in [0.05, 0.1) is 39.6 Å². The van der Waals surface area contributed by atoms with Crippen LogP contribution < -0.4 is 31.7 Å². The Balaban J connectivity index is 1.44. The molecule has 4 rings (SSSR count). The molecule has 2 heterocycles. The number of anilines is 1. The van der Waals surface area contributed by atoms with Crippen molar-refractivity contribution in [1.82, 2.24) is 16.0 Å². The Bertz CT molecular complexity index is 1440. The molecule has 2 aromatic rings. The van der Waals surface area contributed by atoms with E-state index in [2.05, 4.69) is 27.8 Å². The summed E-state index contributed by atoms with van der Waals surface area (Å²) in [6.07, 6.45) is 1.80. The summed E-state index contributed by atoms with van der Waals surface area (Å²) < 4.78 is 40.0. The van der Waals surface area contributed by atoms with Gasteiger partial charge < -0.3 is 36.5 Å². The van der Waals surface area contributed by atoms with E-state index in [4.69, 9.17) is 20.6 Å². The summed E-state index contributed by atoms with van der Waals surface area (Å²) in [5.41, 5.74) is 6.02. The molecule has 0 aromatic heterocycles. The maximum Gasteiger partial charge on any atom is 0.319 e. The molecular formula is C27H28F2N6O4S2. The van der Waals surface area contributed by atoms with Crippen molar-refractivity contribution in [3.63, 3.8) is 0 Å². The Kier molecular flexibility index (Phi) is 9.91. The van der Waals surface area contributed by atoms with E-state index in [1.807, 2.05) is 0 Å². The van der Waals surface area contributed by atoms with E-state index in [9.17, 15) is 18.4 Å². The molecule has 2 aliphatic rings. The van der Waals surface area contributed by atoms with Crippen LogP contribution in [-0.4, -0.2) is 44.1 Å². The topological polar surface area (TPSA) is 151 Å². The lowest BCUT2D eigenvalue weighted by molar-refractivity contribution is 0.102. The number of carbonyl (C=O) groups is 2. The minimum absolute atomic E-state index is 0.0202. The molecular weight excluding hydrogens is 574 g/mol. The van der Waals surface area contributed by atoms with Crippen molar-refractivity contribution in [2.75, 3.05) is 25.6 Å². The molecule has 1 saturated heterocycles. The Hall–Kier alpha value is -4.01. The number of rotatable bonds is 10. The lowest BCUT2D eigenvalue weighted by Crippen LogP contribution is -2.38. The lowest BCUT2D eigenvalue weighted by Gasteiger charge is -2.15. The average Bonchev–Trinajstić information content (AvgIpc) is 3.64. The van der Waals surface area contributed by atoms with E-state index in [1.54, 1.807) is 17.5 Å². The van der Waals surface area contributed by atoms with Crippen molar-refractivity contribution in [2.24, 2.45) is 5.73 Å². The maximum atomic E-state index is 14.8. The molecule has 0 bridgehead atoms. The first-order valence-electron chi connectivity index (χ1n) is 12.3. The first-order valence-corrected chi connectivity index (χ1v) is 14.0. The van der Waals surface area contributed by atoms with Crippen LogP contribution in [0, 0.1) is 17.0 Å². The van der Waals surface area contributed by atoms with Crippen LogP contribution in [0.5, 0.6) is 5.75 Å². The fourth-order valence-corrected chi connectivity index (χ4v) is 5.63. The smallest absolute Gasteiger partial charge is 0.319 e. The highest BCUT2D eigenvalue weighted by Gasteiger charge is 2.24. The molecule has 1 fully saturated rings. The fraction of sp³-hybridized carbons (Fsp3) is 0.222. The average molecular weight is 603 g/mol. The number of benzene rings is 2. The Morgan fingerprint density at radius 2 is 2.10 bits per heavy atom. The second kappa shape index (κ2) is 13.6. The third-order valence-electron chi connectivity index (χ3n) is 5.91. The molecule has 3 amide bonds. The van der Waals surface area contributed by atoms with Crippen molar-refractivity contribution in [1.29, 1.82) is 5.41 Å². The zero-order valence-corrected chi connectivity index (χ0v) is 23.6. The van der Waals surface area contributed by atoms with Crippen LogP contribution in [0.2, 0.25) is 0 Å². The van der Waals surface area contributed by atoms with Gasteiger partial charge in [-0.05, 0) is 37.1 Å². The van der Waals surface area contributed by atoms with Crippen molar-refractivity contribution in [2.45, 2.75) is 18.9 Å². The SMILES string of the molecule is C=C(NC(=O)NC[C@H]1CCCO1)SC(C(=N)N)=C1NC(c2cc(NC(=O)c3cccc(OC)c3)c(F)cc2F)=CS1. The number of ether oxygens (including phenoxy) is 2. The quantitative estimate of drug-likeness (QED) is 0.170. The molecule has 0 spiro atoms. The largest absolute Gasteiger partial charge is 0.497 e. The number of nitrogens with one attached hydrogen (secondary N) is 5. The van der Waals surface area contributed by atoms with E-state index in [1.165, 1.54) is 25.3 Å². The Labute approximate surface area is 243 Å². The molecule has 0 aliphatic carbocycles. The van der Waals surface area contributed by atoms with E-state index in [0.29, 0.717) is 30.0 Å². The number of halogens is 2. The first-order chi connectivity index (χ1) is 19.6. The van der Waals surface area contributed by atoms with Crippen molar-refractivity contribution in [3.05, 3.63) is 86.1 Å². The van der Waals surface area contributed by atoms with Gasteiger partial charge in [-0.15, -0.1) is 0 Å². The summed E-state index contributed by atoms with van der Waals surface area (Å²) in [5.74, 6) is -2.29. The van der Waals surface area contributed by atoms with Gasteiger partial charge in [-0.25, -0.2) is 13.6 Å². The lowest BCUT2D eigenvalue weighted by atomic mass is 10.1. The standard InChI is InChI=1S/C27H28F2N6O4S2/c1-14(33-27(37)32-12-17-7-4-8-39-17)41-23(24(30)31)26-35-22(13-40-26)18-10-21(20(29)11-19(18)28)34-25(36)15-5-3-6-16(9-15)38-2/h3,5-6,9-11,13,17,35H,1,4,7-8,12H2,2H3,(H3,30,31)(H,34,36)(H2,32,33,37)/t17-/m1/s1. The fourth-order valence-electron chi connectivity index (χ4n) is 3.91. The van der Waals surface area contributed by atoms with Crippen molar-refractivity contribution in [3.8, 4) is 5.75 Å². The van der Waals surface area contributed by atoms with Gasteiger partial charge in [0.15, 0.2) is 0 Å². The van der Waals surface area contributed by atoms with Gasteiger partial charge in [0.25, 0.3) is 5.91 Å². The number of carbonyl (C=O) groups excluding carboxylic acids is 2. The molecule has 10 nitrogen and oxygen atoms in total. The summed E-state index contributed by atoms with van der Waals surface area (Å²) in [6, 6.07) is 7.67. The third-order valence-corrected chi connectivity index (χ3v) is 7.91. The third kappa shape index (κ3) is 7.80. The monoisotopic (exact) mass is 602 g/mol. The molecule has 14 heteroatoms. The van der Waals surface area contributed by atoms with E-state index in [-0.39, 0.29) is 44.4 Å². The predicted octanol–water partition coefficient (Wildman–Crippen LogP) is 4.65. The molecule has 41 heavy (non-hydrogen) atoms. The molecule has 0 unspecified atom stereocenters. The van der Waals surface area contributed by atoms with E-state index in [0.717, 1.165) is 36.4 Å². The molecule has 1 atom stereocenters. The van der Waals surface area contributed by atoms with Gasteiger partial charge in [0, 0.05) is 35.8 Å². The van der Waals surface area contributed by atoms with Crippen LogP contribution >= 0.6 is 23.5 Å². The number of methoxy groups -OCH3 is 1. The number of urea groups is 1. The molecule has 7 N–H and O–H groups in total. The summed E-state index contributed by atoms with van der Waals surface area (Å²) in [7, 11) is 1.46. The molecule has 2 aliphatic heterocycles. The number of thioether (sulfide) groups is 2. The van der Waals surface area contributed by atoms with Gasteiger partial charge in [-0.1, -0.05) is 36.2 Å². The highest BCUT2D eigenvalue weighted by molar-refractivity contribution is 8.10. The second-order valence-corrected chi connectivity index (χ2v) is 10.8. The number of amidine groups is 1. The number of amides is 3. The normalized spacial score (nSPS) is 17.2. The van der Waals surface area contributed by atoms with Crippen molar-refractivity contribution < 1.29 is 27.8 Å². The zero-order valence-electron chi connectivity index (χ0n) is 21.9. The second-order valence-electron chi connectivity index (χ2n) is 8.84. The minimum Gasteiger partial charge on any atom is -0.497 e. The summed E-state index contributed by atoms with van der Waals surface area (Å²) in [5, 5.41) is 20.9. The van der Waals surface area contributed by atoms with Crippen LogP contribution in [0.25, 0.3) is 5.70 Å². The van der Waals surface area contributed by atoms with Gasteiger partial charge in [-0.2, -0.15) is 0 Å². The van der Waals surface area contributed by atoms with Crippen molar-refractivity contribution >= 4 is 52.7 Å². The maximum absolute atomic E-state index is 14.8. The highest BCUT2D eigenvalue weighted by atomic mass is 32.2. The Morgan fingerprint density at radius 3 is 2.80 bits per heavy atom. The molecule has 0 radical (unpaired) electrons. The van der Waals surface area contributed by atoms with E-state index >= 15 is 0 Å². The molecule has 216 valence electrons. The van der Waals surface area contributed by atoms with Gasteiger partial charge in [0.2, 0.25) is 0 Å². The first kappa shape index (κ1) is 30.0. The van der Waals surface area contributed by atoms with Crippen LogP contribution in [0.4, 0.5) is 19.3 Å². The molecule has 0 saturated carbocycles. The number of hydrogen-bond acceptors (Lipinski definition) is 8. The van der Waals surface area contributed by atoms with E-state index < -0.39 is 23.6 Å². The van der Waals surface area contributed by atoms with Crippen LogP contribution in [0.1, 0.15) is 28.8 Å². The minimum atomic E-state index is -0.954. The predicted molar refractivity (Wildman–Crippen MR) is 157 cm³/mol. The van der Waals surface area contributed by atoms with Crippen LogP contribution in [0.15, 0.2) is 63.3 Å². The Morgan fingerprint density at radius 1 is 1.29 bits per heavy atom. The summed E-state index contributed by atoms with van der Waals surface area (Å²) >= 11 is 2.07. The summed E-state index contributed by atoms with van der Waals surface area (Å²) in [6.45, 7) is 4.85. The molecule has 2 aromatic carbocycles. The van der Waals surface area contributed by atoms with Crippen LogP contribution in [0.3, 0.4) is 0 Å². The van der Waals surface area contributed by atoms with Gasteiger partial charge in [-0.3, -0.25) is 10.2 Å². The van der Waals surface area contributed by atoms with Gasteiger partial charge >= 0.3 is 6.03 Å². The van der Waals surface area contributed by atoms with Gasteiger partial charge in [0.1, 0.15) is 23.2 Å². The number of nitrogens with two attached hydrogens (primary N) is 1. The summed E-state index contributed by atoms with van der Waals surface area (Å²) in [4.78, 5) is 25.2. The van der Waals surface area contributed by atoms with Crippen LogP contribution in [-0.2, 0) is 4.74 Å². The number of hydrogen-bond donors (Lipinski definition) is 6. The highest BCUT2D eigenvalue weighted by Crippen LogP contribution is 2.38. The zero-order chi connectivity index (χ0) is 29.5.